The van der Waals surface area contributed by atoms with Gasteiger partial charge >= 0.3 is 12.4 Å². The number of hydrogen-bond acceptors (Lipinski definition) is 6. The van der Waals surface area contributed by atoms with E-state index < -0.39 is 35.5 Å². The maximum absolute atomic E-state index is 13.6. The predicted octanol–water partition coefficient (Wildman–Crippen LogP) is 4.67. The second kappa shape index (κ2) is 9.61. The third-order valence-electron chi connectivity index (χ3n) is 6.80. The van der Waals surface area contributed by atoms with Gasteiger partial charge in [0.05, 0.1) is 18.5 Å². The zero-order chi connectivity index (χ0) is 27.9. The monoisotopic (exact) mass is 540 g/mol. The molecule has 39 heavy (non-hydrogen) atoms. The van der Waals surface area contributed by atoms with Crippen molar-refractivity contribution in [1.29, 1.82) is 0 Å². The molecule has 2 aromatic carbocycles. The van der Waals surface area contributed by atoms with Crippen molar-refractivity contribution in [3.8, 4) is 11.5 Å². The summed E-state index contributed by atoms with van der Waals surface area (Å²) in [6.45, 7) is 2.06. The van der Waals surface area contributed by atoms with E-state index in [2.05, 4.69) is 15.0 Å². The van der Waals surface area contributed by atoms with Crippen LogP contribution in [-0.2, 0) is 11.3 Å². The lowest BCUT2D eigenvalue weighted by Crippen LogP contribution is -2.39. The zero-order valence-corrected chi connectivity index (χ0v) is 20.9. The Labute approximate surface area is 221 Å². The van der Waals surface area contributed by atoms with Crippen molar-refractivity contribution in [2.75, 3.05) is 16.9 Å². The van der Waals surface area contributed by atoms with Crippen LogP contribution in [-0.4, -0.2) is 41.8 Å². The Morgan fingerprint density at radius 3 is 2.28 bits per heavy atom. The van der Waals surface area contributed by atoms with E-state index in [0.29, 0.717) is 17.9 Å². The molecule has 12 heteroatoms. The number of aromatic nitrogens is 1. The van der Waals surface area contributed by atoms with Crippen molar-refractivity contribution < 1.29 is 37.0 Å². The number of amides is 4. The first-order valence-corrected chi connectivity index (χ1v) is 12.0. The second-order valence-corrected chi connectivity index (χ2v) is 9.26. The number of halogens is 3. The van der Waals surface area contributed by atoms with Crippen LogP contribution in [0.25, 0.3) is 0 Å². The summed E-state index contributed by atoms with van der Waals surface area (Å²) in [7, 11) is 1.56. The van der Waals surface area contributed by atoms with Gasteiger partial charge in [0.2, 0.25) is 0 Å². The number of carbonyl (C=O) groups is 3. The first-order chi connectivity index (χ1) is 18.5. The highest BCUT2D eigenvalue weighted by atomic mass is 19.4. The van der Waals surface area contributed by atoms with E-state index >= 15 is 0 Å². The Bertz CT molecular complexity index is 1430. The van der Waals surface area contributed by atoms with Gasteiger partial charge in [-0.1, -0.05) is 19.1 Å². The maximum Gasteiger partial charge on any atom is 0.573 e. The number of benzene rings is 2. The van der Waals surface area contributed by atoms with E-state index in [0.717, 1.165) is 22.6 Å². The van der Waals surface area contributed by atoms with Crippen molar-refractivity contribution in [2.24, 2.45) is 5.92 Å². The van der Waals surface area contributed by atoms with Crippen LogP contribution < -0.4 is 24.6 Å². The quantitative estimate of drug-likeness (QED) is 0.437. The van der Waals surface area contributed by atoms with Gasteiger partial charge in [0.15, 0.2) is 0 Å². The van der Waals surface area contributed by atoms with E-state index in [-0.39, 0.29) is 23.8 Å². The Balaban J connectivity index is 1.37. The largest absolute Gasteiger partial charge is 0.573 e. The van der Waals surface area contributed by atoms with Gasteiger partial charge in [0, 0.05) is 12.7 Å². The van der Waals surface area contributed by atoms with Crippen molar-refractivity contribution >= 4 is 29.2 Å². The number of pyridine rings is 1. The molecule has 2 atom stereocenters. The van der Waals surface area contributed by atoms with Crippen LogP contribution in [0, 0.1) is 5.92 Å². The number of rotatable bonds is 7. The third kappa shape index (κ3) is 4.85. The highest BCUT2D eigenvalue weighted by Gasteiger charge is 2.70. The minimum atomic E-state index is -4.87. The number of hydrogen-bond donors (Lipinski definition) is 1. The molecule has 4 amide bonds. The van der Waals surface area contributed by atoms with Gasteiger partial charge in [-0.3, -0.25) is 19.5 Å². The second-order valence-electron chi connectivity index (χ2n) is 9.26. The summed E-state index contributed by atoms with van der Waals surface area (Å²) in [5, 5.41) is 2.78. The number of nitrogens with one attached hydrogen (secondary N) is 1. The van der Waals surface area contributed by atoms with Gasteiger partial charge in [-0.15, -0.1) is 13.2 Å². The van der Waals surface area contributed by atoms with Gasteiger partial charge in [-0.25, -0.2) is 9.69 Å². The number of alkyl halides is 3. The van der Waals surface area contributed by atoms with Crippen LogP contribution >= 0.6 is 0 Å². The summed E-state index contributed by atoms with van der Waals surface area (Å²) in [6.07, 6.45) is -3.10. The van der Waals surface area contributed by atoms with Crippen LogP contribution in [0.5, 0.6) is 11.5 Å². The fourth-order valence-corrected chi connectivity index (χ4v) is 4.73. The molecule has 2 heterocycles. The highest BCUT2D eigenvalue weighted by Crippen LogP contribution is 2.55. The molecule has 2 fully saturated rings. The van der Waals surface area contributed by atoms with Crippen molar-refractivity contribution in [3.05, 3.63) is 78.1 Å². The molecule has 1 aromatic heterocycles. The van der Waals surface area contributed by atoms with E-state index in [4.69, 9.17) is 4.74 Å². The normalized spacial score (nSPS) is 20.4. The zero-order valence-electron chi connectivity index (χ0n) is 20.9. The van der Waals surface area contributed by atoms with Crippen molar-refractivity contribution in [2.45, 2.75) is 31.8 Å². The van der Waals surface area contributed by atoms with Gasteiger partial charge in [0.25, 0.3) is 11.8 Å². The minimum absolute atomic E-state index is 0.0526. The fraction of sp³-hybridized carbons (Fsp3) is 0.259. The number of nitrogens with zero attached hydrogens (tertiary/aromatic N) is 3. The average Bonchev–Trinajstić information content (AvgIpc) is 3.52. The third-order valence-corrected chi connectivity index (χ3v) is 6.80. The average molecular weight is 540 g/mol. The Kier molecular flexibility index (Phi) is 6.41. The van der Waals surface area contributed by atoms with E-state index in [9.17, 15) is 27.6 Å². The number of ether oxygens (including phenoxy) is 2. The van der Waals surface area contributed by atoms with Crippen molar-refractivity contribution in [3.63, 3.8) is 0 Å². The standard InChI is InChI=1S/C27H23F3N4O5/c1-16-14-26(16)24(36)33(18-5-9-21(10-6-18)39-27(28,29)30)25(37)34(26)19-11-12-31-22(13-19)23(35)32-15-17-3-7-20(38-2)8-4-17/h3-13,16H,14-15H2,1-2H3,(H,32,35). The predicted molar refractivity (Wildman–Crippen MR) is 133 cm³/mol. The number of imide groups is 1. The van der Waals surface area contributed by atoms with E-state index in [1.54, 1.807) is 19.2 Å². The molecular formula is C27H23F3N4O5. The van der Waals surface area contributed by atoms with Crippen LogP contribution in [0.3, 0.4) is 0 Å². The Morgan fingerprint density at radius 1 is 1.05 bits per heavy atom. The van der Waals surface area contributed by atoms with Gasteiger partial charge < -0.3 is 14.8 Å². The summed E-state index contributed by atoms with van der Waals surface area (Å²) >= 11 is 0. The summed E-state index contributed by atoms with van der Waals surface area (Å²) in [5.74, 6) is -0.928. The summed E-state index contributed by atoms with van der Waals surface area (Å²) in [4.78, 5) is 46.3. The minimum Gasteiger partial charge on any atom is -0.497 e. The molecule has 2 aliphatic rings. The van der Waals surface area contributed by atoms with Crippen LogP contribution in [0.4, 0.5) is 29.3 Å². The fourth-order valence-electron chi connectivity index (χ4n) is 4.73. The summed E-state index contributed by atoms with van der Waals surface area (Å²) in [5.41, 5.74) is 0.149. The van der Waals surface area contributed by atoms with Crippen molar-refractivity contribution in [1.82, 2.24) is 10.3 Å². The number of methoxy groups -OCH3 is 1. The summed E-state index contributed by atoms with van der Waals surface area (Å²) in [6, 6.07) is 14.0. The first kappa shape index (κ1) is 26.0. The Morgan fingerprint density at radius 2 is 1.69 bits per heavy atom. The van der Waals surface area contributed by atoms with Gasteiger partial charge in [-0.05, 0) is 66.4 Å². The number of urea groups is 1. The molecule has 0 bridgehead atoms. The molecule has 1 N–H and O–H groups in total. The molecule has 1 saturated heterocycles. The first-order valence-electron chi connectivity index (χ1n) is 12.0. The number of carbonyl (C=O) groups excluding carboxylic acids is 3. The molecule has 1 aliphatic heterocycles. The molecule has 5 rings (SSSR count). The molecular weight excluding hydrogens is 517 g/mol. The van der Waals surface area contributed by atoms with Gasteiger partial charge in [-0.2, -0.15) is 0 Å². The maximum atomic E-state index is 13.6. The lowest BCUT2D eigenvalue weighted by atomic mass is 10.1. The van der Waals surface area contributed by atoms with Crippen LogP contribution in [0.1, 0.15) is 29.4 Å². The Hall–Kier alpha value is -4.61. The molecule has 1 spiro atoms. The van der Waals surface area contributed by atoms with Crippen LogP contribution in [0.2, 0.25) is 0 Å². The molecule has 2 unspecified atom stereocenters. The highest BCUT2D eigenvalue weighted by molar-refractivity contribution is 6.32. The molecule has 1 saturated carbocycles. The van der Waals surface area contributed by atoms with Crippen LogP contribution in [0.15, 0.2) is 66.9 Å². The topological polar surface area (TPSA) is 101 Å². The molecule has 0 radical (unpaired) electrons. The smallest absolute Gasteiger partial charge is 0.497 e. The number of anilines is 2. The van der Waals surface area contributed by atoms with E-state index in [1.165, 1.54) is 35.4 Å². The SMILES string of the molecule is COc1ccc(CNC(=O)c2cc(N3C(=O)N(c4ccc(OC(F)(F)F)cc4)C(=O)C34CC4C)ccn2)cc1. The lowest BCUT2D eigenvalue weighted by Gasteiger charge is -2.22. The summed E-state index contributed by atoms with van der Waals surface area (Å²) < 4.78 is 46.6. The van der Waals surface area contributed by atoms with Gasteiger partial charge in [0.1, 0.15) is 22.7 Å². The lowest BCUT2D eigenvalue weighted by molar-refractivity contribution is -0.274. The molecule has 3 aromatic rings. The molecule has 202 valence electrons. The molecule has 9 nitrogen and oxygen atoms in total. The molecule has 1 aliphatic carbocycles. The van der Waals surface area contributed by atoms with E-state index in [1.807, 2.05) is 19.1 Å².